The molecule has 0 aromatic heterocycles. The van der Waals surface area contributed by atoms with Crippen LogP contribution in [0.4, 0.5) is 4.39 Å². The molecule has 28 heavy (non-hydrogen) atoms. The van der Waals surface area contributed by atoms with Gasteiger partial charge in [0.2, 0.25) is 17.7 Å². The number of amides is 3. The third kappa shape index (κ3) is 7.34. The fraction of sp³-hybridized carbons (Fsp3) is 0.474. The van der Waals surface area contributed by atoms with Crippen molar-refractivity contribution in [3.05, 3.63) is 35.6 Å². The van der Waals surface area contributed by atoms with Crippen molar-refractivity contribution in [2.24, 2.45) is 11.7 Å². The van der Waals surface area contributed by atoms with Crippen LogP contribution in [0.25, 0.3) is 0 Å². The van der Waals surface area contributed by atoms with Crippen molar-refractivity contribution in [2.75, 3.05) is 6.61 Å². The zero-order chi connectivity index (χ0) is 21.3. The van der Waals surface area contributed by atoms with Gasteiger partial charge in [0.15, 0.2) is 0 Å². The number of carbonyl (C=O) groups excluding carboxylic acids is 4. The highest BCUT2D eigenvalue weighted by Crippen LogP contribution is 2.12. The summed E-state index contributed by atoms with van der Waals surface area (Å²) in [5.41, 5.74) is 5.59. The number of carbonyl (C=O) groups is 4. The van der Waals surface area contributed by atoms with Gasteiger partial charge in [0, 0.05) is 13.3 Å². The molecule has 0 radical (unpaired) electrons. The average Bonchev–Trinajstić information content (AvgIpc) is 2.60. The second-order valence-electron chi connectivity index (χ2n) is 6.42. The Kier molecular flexibility index (Phi) is 9.07. The molecule has 4 N–H and O–H groups in total. The Balaban J connectivity index is 2.93. The first kappa shape index (κ1) is 23.1. The number of hydrogen-bond acceptors (Lipinski definition) is 5. The highest BCUT2D eigenvalue weighted by Gasteiger charge is 2.30. The van der Waals surface area contributed by atoms with Gasteiger partial charge >= 0.3 is 5.97 Å². The Morgan fingerprint density at radius 1 is 1.18 bits per heavy atom. The number of nitrogens with two attached hydrogens (primary N) is 1. The molecule has 1 aromatic carbocycles. The van der Waals surface area contributed by atoms with Crippen LogP contribution < -0.4 is 16.4 Å². The third-order valence-corrected chi connectivity index (χ3v) is 4.04. The molecule has 0 saturated carbocycles. The number of rotatable bonds is 10. The van der Waals surface area contributed by atoms with E-state index in [-0.39, 0.29) is 25.0 Å². The molecule has 1 rings (SSSR count). The maximum absolute atomic E-state index is 13.9. The highest BCUT2D eigenvalue weighted by molar-refractivity contribution is 5.91. The predicted octanol–water partition coefficient (Wildman–Crippen LogP) is 0.432. The first-order chi connectivity index (χ1) is 13.1. The first-order valence-corrected chi connectivity index (χ1v) is 8.91. The lowest BCUT2D eigenvalue weighted by atomic mass is 9.96. The zero-order valence-electron chi connectivity index (χ0n) is 16.2. The second kappa shape index (κ2) is 11.0. The SMILES string of the molecule is CCOC(=O)C[C@H](C)[C@@H](NC(=O)[C@@H](Cc1ccccc1F)NC(C)=O)C(N)=O. The lowest BCUT2D eigenvalue weighted by molar-refractivity contribution is -0.145. The Morgan fingerprint density at radius 3 is 2.36 bits per heavy atom. The monoisotopic (exact) mass is 395 g/mol. The van der Waals surface area contributed by atoms with Gasteiger partial charge in [-0.1, -0.05) is 25.1 Å². The quantitative estimate of drug-likeness (QED) is 0.495. The summed E-state index contributed by atoms with van der Waals surface area (Å²) in [6, 6.07) is 3.57. The minimum atomic E-state index is -1.16. The van der Waals surface area contributed by atoms with E-state index in [0.717, 1.165) is 0 Å². The largest absolute Gasteiger partial charge is 0.466 e. The number of primary amides is 1. The minimum absolute atomic E-state index is 0.115. The molecule has 0 aliphatic rings. The lowest BCUT2D eigenvalue weighted by Gasteiger charge is -2.25. The number of esters is 1. The second-order valence-corrected chi connectivity index (χ2v) is 6.42. The Bertz CT molecular complexity index is 725. The standard InChI is InChI=1S/C19H26FN3O5/c1-4-28-16(25)9-11(2)17(18(21)26)23-19(27)15(22-12(3)24)10-13-7-5-6-8-14(13)20/h5-8,11,15,17H,4,9-10H2,1-3H3,(H2,21,26)(H,22,24)(H,23,27)/t11-,15+,17+/m0/s1. The van der Waals surface area contributed by atoms with E-state index in [0.29, 0.717) is 0 Å². The summed E-state index contributed by atoms with van der Waals surface area (Å²) in [5, 5.41) is 4.89. The normalized spacial score (nSPS) is 13.7. The minimum Gasteiger partial charge on any atom is -0.466 e. The van der Waals surface area contributed by atoms with Crippen molar-refractivity contribution < 1.29 is 28.3 Å². The van der Waals surface area contributed by atoms with Crippen LogP contribution in [0.3, 0.4) is 0 Å². The summed E-state index contributed by atoms with van der Waals surface area (Å²) in [6.45, 7) is 4.62. The maximum Gasteiger partial charge on any atom is 0.306 e. The highest BCUT2D eigenvalue weighted by atomic mass is 19.1. The Morgan fingerprint density at radius 2 is 1.82 bits per heavy atom. The van der Waals surface area contributed by atoms with E-state index in [2.05, 4.69) is 10.6 Å². The molecule has 3 amide bonds. The fourth-order valence-electron chi connectivity index (χ4n) is 2.69. The average molecular weight is 395 g/mol. The van der Waals surface area contributed by atoms with Gasteiger partial charge in [0.05, 0.1) is 13.0 Å². The fourth-order valence-corrected chi connectivity index (χ4v) is 2.69. The molecule has 154 valence electrons. The van der Waals surface area contributed by atoms with Gasteiger partial charge in [-0.2, -0.15) is 0 Å². The molecule has 9 heteroatoms. The number of halogens is 1. The van der Waals surface area contributed by atoms with Gasteiger partial charge in [-0.25, -0.2) is 4.39 Å². The van der Waals surface area contributed by atoms with Crippen LogP contribution in [0.5, 0.6) is 0 Å². The van der Waals surface area contributed by atoms with Crippen LogP contribution in [0.1, 0.15) is 32.8 Å². The molecular formula is C19H26FN3O5. The molecule has 0 unspecified atom stereocenters. The summed E-state index contributed by atoms with van der Waals surface area (Å²) in [5.74, 6) is -3.72. The topological polar surface area (TPSA) is 128 Å². The zero-order valence-corrected chi connectivity index (χ0v) is 16.2. The Hall–Kier alpha value is -2.97. The predicted molar refractivity (Wildman–Crippen MR) is 99.2 cm³/mol. The van der Waals surface area contributed by atoms with Crippen molar-refractivity contribution in [3.63, 3.8) is 0 Å². The van der Waals surface area contributed by atoms with E-state index in [1.165, 1.54) is 25.1 Å². The summed E-state index contributed by atoms with van der Waals surface area (Å²) in [7, 11) is 0. The van der Waals surface area contributed by atoms with Crippen molar-refractivity contribution in [3.8, 4) is 0 Å². The van der Waals surface area contributed by atoms with E-state index >= 15 is 0 Å². The van der Waals surface area contributed by atoms with Crippen molar-refractivity contribution in [1.82, 2.24) is 10.6 Å². The van der Waals surface area contributed by atoms with Crippen LogP contribution in [0.2, 0.25) is 0 Å². The van der Waals surface area contributed by atoms with Crippen LogP contribution in [0, 0.1) is 11.7 Å². The molecule has 8 nitrogen and oxygen atoms in total. The number of hydrogen-bond donors (Lipinski definition) is 3. The van der Waals surface area contributed by atoms with Gasteiger partial charge in [-0.3, -0.25) is 19.2 Å². The molecule has 3 atom stereocenters. The summed E-state index contributed by atoms with van der Waals surface area (Å²) < 4.78 is 18.8. The third-order valence-electron chi connectivity index (χ3n) is 4.04. The van der Waals surface area contributed by atoms with Crippen molar-refractivity contribution in [1.29, 1.82) is 0 Å². The number of ether oxygens (including phenoxy) is 1. The lowest BCUT2D eigenvalue weighted by Crippen LogP contribution is -2.55. The van der Waals surface area contributed by atoms with Gasteiger partial charge in [-0.05, 0) is 24.5 Å². The summed E-state index contributed by atoms with van der Waals surface area (Å²) in [4.78, 5) is 47.5. The van der Waals surface area contributed by atoms with E-state index in [9.17, 15) is 23.6 Å². The van der Waals surface area contributed by atoms with Gasteiger partial charge in [0.25, 0.3) is 0 Å². The molecular weight excluding hydrogens is 369 g/mol. The molecule has 0 aliphatic heterocycles. The molecule has 0 heterocycles. The molecule has 0 aliphatic carbocycles. The maximum atomic E-state index is 13.9. The van der Waals surface area contributed by atoms with Crippen LogP contribution in [0.15, 0.2) is 24.3 Å². The van der Waals surface area contributed by atoms with E-state index < -0.39 is 47.5 Å². The van der Waals surface area contributed by atoms with Crippen LogP contribution in [-0.4, -0.2) is 42.4 Å². The molecule has 0 spiro atoms. The smallest absolute Gasteiger partial charge is 0.306 e. The summed E-state index contributed by atoms with van der Waals surface area (Å²) >= 11 is 0. The van der Waals surface area contributed by atoms with Crippen molar-refractivity contribution in [2.45, 2.75) is 45.7 Å². The number of benzene rings is 1. The van der Waals surface area contributed by atoms with Gasteiger partial charge in [-0.15, -0.1) is 0 Å². The Labute approximate surface area is 163 Å². The molecule has 1 aromatic rings. The van der Waals surface area contributed by atoms with Crippen LogP contribution in [-0.2, 0) is 30.3 Å². The van der Waals surface area contributed by atoms with E-state index in [1.807, 2.05) is 0 Å². The molecule has 0 saturated heterocycles. The van der Waals surface area contributed by atoms with E-state index in [1.54, 1.807) is 19.9 Å². The van der Waals surface area contributed by atoms with Crippen molar-refractivity contribution >= 4 is 23.7 Å². The number of nitrogens with one attached hydrogen (secondary N) is 2. The molecule has 0 fully saturated rings. The summed E-state index contributed by atoms with van der Waals surface area (Å²) in [6.07, 6.45) is -0.240. The molecule has 0 bridgehead atoms. The van der Waals surface area contributed by atoms with E-state index in [4.69, 9.17) is 10.5 Å². The van der Waals surface area contributed by atoms with Gasteiger partial charge in [0.1, 0.15) is 17.9 Å². The first-order valence-electron chi connectivity index (χ1n) is 8.91. The van der Waals surface area contributed by atoms with Gasteiger partial charge < -0.3 is 21.1 Å². The van der Waals surface area contributed by atoms with Crippen LogP contribution >= 0.6 is 0 Å².